The summed E-state index contributed by atoms with van der Waals surface area (Å²) in [6.45, 7) is 1.94. The molecule has 0 spiro atoms. The highest BCUT2D eigenvalue weighted by Gasteiger charge is 1.98. The van der Waals surface area contributed by atoms with Crippen LogP contribution in [-0.4, -0.2) is 5.87 Å². The Morgan fingerprint density at radius 2 is 2.33 bits per heavy atom. The topological polar surface area (TPSA) is 46.1 Å². The summed E-state index contributed by atoms with van der Waals surface area (Å²) in [7, 11) is 0. The van der Waals surface area contributed by atoms with Crippen molar-refractivity contribution in [1.29, 1.82) is 5.26 Å². The van der Waals surface area contributed by atoms with E-state index in [1.165, 1.54) is 6.08 Å². The molecule has 0 N–H and O–H groups in total. The highest BCUT2D eigenvalue weighted by atomic mass is 14.3. The summed E-state index contributed by atoms with van der Waals surface area (Å²) in [5.41, 5.74) is 0. The van der Waals surface area contributed by atoms with Crippen molar-refractivity contribution in [2.45, 2.75) is 19.8 Å². The Labute approximate surface area is 55.3 Å². The van der Waals surface area contributed by atoms with Gasteiger partial charge < -0.3 is 0 Å². The first-order valence-electron chi connectivity index (χ1n) is 2.96. The summed E-state index contributed by atoms with van der Waals surface area (Å²) in [5, 5.41) is 16.5. The Kier molecular flexibility index (Phi) is 4.49. The van der Waals surface area contributed by atoms with Gasteiger partial charge in [0.2, 0.25) is 0 Å². The molecule has 2 heteroatoms. The van der Waals surface area contributed by atoms with E-state index in [0.717, 1.165) is 6.42 Å². The van der Waals surface area contributed by atoms with Crippen LogP contribution >= 0.6 is 0 Å². The molecule has 0 bridgehead atoms. The van der Waals surface area contributed by atoms with E-state index in [-0.39, 0.29) is 5.92 Å². The molecule has 0 saturated carbocycles. The zero-order valence-electron chi connectivity index (χ0n) is 5.46. The van der Waals surface area contributed by atoms with E-state index in [0.29, 0.717) is 6.42 Å². The van der Waals surface area contributed by atoms with Gasteiger partial charge in [0.05, 0.1) is 12.0 Å². The van der Waals surface area contributed by atoms with E-state index >= 15 is 0 Å². The molecule has 0 amide bonds. The number of nitriles is 1. The third-order valence-electron chi connectivity index (χ3n) is 1.17. The van der Waals surface area contributed by atoms with Crippen LogP contribution in [0.25, 0.3) is 0 Å². The lowest BCUT2D eigenvalue weighted by Crippen LogP contribution is -1.90. The Hall–Kier alpha value is -1.06. The van der Waals surface area contributed by atoms with Gasteiger partial charge in [-0.25, -0.2) is 0 Å². The van der Waals surface area contributed by atoms with Gasteiger partial charge >= 0.3 is 0 Å². The average Bonchev–Trinajstić information content (AvgIpc) is 1.91. The van der Waals surface area contributed by atoms with Crippen molar-refractivity contribution in [3.8, 4) is 6.07 Å². The number of nitrogens with zero attached hydrogens (tertiary/aromatic N) is 2. The minimum atomic E-state index is 0.0321. The summed E-state index contributed by atoms with van der Waals surface area (Å²) in [5.74, 6) is 1.92. The summed E-state index contributed by atoms with van der Waals surface area (Å²) < 4.78 is 0. The fourth-order valence-electron chi connectivity index (χ4n) is 0.506. The molecular formula is C7H9N2. The lowest BCUT2D eigenvalue weighted by molar-refractivity contribution is 0.654. The van der Waals surface area contributed by atoms with Crippen molar-refractivity contribution >= 4 is 5.87 Å². The van der Waals surface area contributed by atoms with Gasteiger partial charge in [0.25, 0.3) is 0 Å². The summed E-state index contributed by atoms with van der Waals surface area (Å²) in [6.07, 6.45) is 2.90. The zero-order chi connectivity index (χ0) is 7.11. The number of rotatable bonds is 3. The SMILES string of the molecule is CCC(C#N)CC=C=[N]. The Morgan fingerprint density at radius 3 is 2.67 bits per heavy atom. The second-order valence-electron chi connectivity index (χ2n) is 1.80. The normalized spacial score (nSPS) is 11.1. The maximum absolute atomic E-state index is 8.37. The molecule has 0 aliphatic carbocycles. The molecule has 9 heavy (non-hydrogen) atoms. The second kappa shape index (κ2) is 5.08. The maximum atomic E-state index is 8.37. The third-order valence-corrected chi connectivity index (χ3v) is 1.17. The van der Waals surface area contributed by atoms with Crippen LogP contribution in [0.1, 0.15) is 19.8 Å². The third kappa shape index (κ3) is 3.52. The molecule has 2 nitrogen and oxygen atoms in total. The highest BCUT2D eigenvalue weighted by molar-refractivity contribution is 5.48. The van der Waals surface area contributed by atoms with E-state index < -0.39 is 0 Å². The van der Waals surface area contributed by atoms with Gasteiger partial charge in [-0.1, -0.05) is 12.3 Å². The predicted octanol–water partition coefficient (Wildman–Crippen LogP) is 0.952. The van der Waals surface area contributed by atoms with Crippen molar-refractivity contribution in [3.05, 3.63) is 6.08 Å². The fraction of sp³-hybridized carbons (Fsp3) is 0.571. The standard InChI is InChI=1S/C7H9N2/c1-2-7(6-9)4-3-5-8/h3,7H,2,4H2,1H3. The average molecular weight is 121 g/mol. The van der Waals surface area contributed by atoms with E-state index in [4.69, 9.17) is 10.7 Å². The lowest BCUT2D eigenvalue weighted by atomic mass is 10.1. The van der Waals surface area contributed by atoms with Crippen molar-refractivity contribution in [2.75, 3.05) is 0 Å². The summed E-state index contributed by atoms with van der Waals surface area (Å²) in [6, 6.07) is 2.10. The van der Waals surface area contributed by atoms with Crippen LogP contribution in [0, 0.1) is 17.2 Å². The molecule has 0 aromatic rings. The number of hydrogen-bond acceptors (Lipinski definition) is 1. The summed E-state index contributed by atoms with van der Waals surface area (Å²) in [4.78, 5) is 0. The number of allylic oxidation sites excluding steroid dienone is 1. The zero-order valence-corrected chi connectivity index (χ0v) is 5.46. The maximum Gasteiger partial charge on any atom is 0.0659 e. The Morgan fingerprint density at radius 1 is 1.67 bits per heavy atom. The Balaban J connectivity index is 3.59. The first kappa shape index (κ1) is 7.94. The molecule has 0 aliphatic heterocycles. The first-order chi connectivity index (χ1) is 4.35. The fourth-order valence-corrected chi connectivity index (χ4v) is 0.506. The van der Waals surface area contributed by atoms with Crippen LogP contribution in [-0.2, 0) is 0 Å². The van der Waals surface area contributed by atoms with Crippen LogP contribution in [0.3, 0.4) is 0 Å². The van der Waals surface area contributed by atoms with Gasteiger partial charge in [0.15, 0.2) is 0 Å². The molecule has 0 saturated heterocycles. The molecule has 1 unspecified atom stereocenters. The van der Waals surface area contributed by atoms with E-state index in [9.17, 15) is 0 Å². The van der Waals surface area contributed by atoms with Crippen molar-refractivity contribution in [1.82, 2.24) is 5.41 Å². The highest BCUT2D eigenvalue weighted by Crippen LogP contribution is 2.04. The molecule has 1 radical (unpaired) electrons. The van der Waals surface area contributed by atoms with Crippen molar-refractivity contribution in [2.24, 2.45) is 5.92 Å². The minimum absolute atomic E-state index is 0.0321. The van der Waals surface area contributed by atoms with E-state index in [2.05, 4.69) is 6.07 Å². The minimum Gasteiger partial charge on any atom is -0.198 e. The molecular weight excluding hydrogens is 112 g/mol. The largest absolute Gasteiger partial charge is 0.198 e. The molecule has 0 aromatic carbocycles. The van der Waals surface area contributed by atoms with Gasteiger partial charge in [-0.05, 0) is 18.9 Å². The monoisotopic (exact) mass is 121 g/mol. The van der Waals surface area contributed by atoms with Gasteiger partial charge in [-0.15, -0.1) is 0 Å². The van der Waals surface area contributed by atoms with Gasteiger partial charge in [-0.2, -0.15) is 5.26 Å². The second-order valence-corrected chi connectivity index (χ2v) is 1.80. The molecule has 0 heterocycles. The predicted molar refractivity (Wildman–Crippen MR) is 35.7 cm³/mol. The quantitative estimate of drug-likeness (QED) is 0.513. The van der Waals surface area contributed by atoms with Crippen molar-refractivity contribution < 1.29 is 0 Å². The van der Waals surface area contributed by atoms with Crippen LogP contribution < -0.4 is 5.41 Å². The molecule has 0 aromatic heterocycles. The summed E-state index contributed by atoms with van der Waals surface area (Å²) >= 11 is 0. The number of hydrogen-bond donors (Lipinski definition) is 0. The molecule has 47 valence electrons. The van der Waals surface area contributed by atoms with E-state index in [1.807, 2.05) is 12.8 Å². The van der Waals surface area contributed by atoms with Gasteiger partial charge in [0.1, 0.15) is 0 Å². The van der Waals surface area contributed by atoms with E-state index in [1.54, 1.807) is 0 Å². The lowest BCUT2D eigenvalue weighted by Gasteiger charge is -1.96. The van der Waals surface area contributed by atoms with Crippen LogP contribution in [0.5, 0.6) is 0 Å². The molecule has 1 atom stereocenters. The van der Waals surface area contributed by atoms with Crippen LogP contribution in [0.15, 0.2) is 6.08 Å². The van der Waals surface area contributed by atoms with Crippen molar-refractivity contribution in [3.63, 3.8) is 0 Å². The molecule has 0 aliphatic rings. The molecule has 0 fully saturated rings. The van der Waals surface area contributed by atoms with Crippen LogP contribution in [0.4, 0.5) is 0 Å². The van der Waals surface area contributed by atoms with Gasteiger partial charge in [-0.3, -0.25) is 0 Å². The molecule has 0 rings (SSSR count). The Bertz CT molecular complexity index is 149. The van der Waals surface area contributed by atoms with Crippen LogP contribution in [0.2, 0.25) is 0 Å². The smallest absolute Gasteiger partial charge is 0.0659 e. The first-order valence-corrected chi connectivity index (χ1v) is 2.96. The van der Waals surface area contributed by atoms with Gasteiger partial charge in [0, 0.05) is 5.87 Å².